The predicted molar refractivity (Wildman–Crippen MR) is 51.8 cm³/mol. The Morgan fingerprint density at radius 1 is 1.27 bits per heavy atom. The van der Waals surface area contributed by atoms with Gasteiger partial charge in [0, 0.05) is 6.04 Å². The number of carbonyl (C=O) groups is 1. The summed E-state index contributed by atoms with van der Waals surface area (Å²) in [6, 6.07) is 7.57. The fraction of sp³-hybridized carbons (Fsp3) is 0.364. The van der Waals surface area contributed by atoms with Crippen molar-refractivity contribution in [2.24, 2.45) is 0 Å². The average molecular weight is 211 g/mol. The molecular weight excluding hydrogens is 200 g/mol. The molecule has 1 aromatic rings. The zero-order valence-electron chi connectivity index (χ0n) is 8.04. The Labute approximate surface area is 86.3 Å². The molecule has 0 saturated carbocycles. The molecule has 0 radical (unpaired) electrons. The van der Waals surface area contributed by atoms with Crippen LogP contribution in [0.2, 0.25) is 0 Å². The van der Waals surface area contributed by atoms with Gasteiger partial charge in [-0.2, -0.15) is 8.78 Å². The topological polar surface area (TPSA) is 29.1 Å². The van der Waals surface area contributed by atoms with Gasteiger partial charge in [0.05, 0.1) is 0 Å². The van der Waals surface area contributed by atoms with Crippen LogP contribution in [0.15, 0.2) is 24.3 Å². The number of nitrogens with one attached hydrogen (secondary N) is 1. The molecule has 0 saturated heterocycles. The standard InChI is InChI=1S/C11H11F2NO/c12-10(13)11(15)14-9-5-7-3-1-2-4-8(7)6-9/h1-4,9-10H,5-6H2,(H,14,15). The highest BCUT2D eigenvalue weighted by atomic mass is 19.3. The molecule has 0 aromatic heterocycles. The molecule has 0 aliphatic heterocycles. The Hall–Kier alpha value is -1.45. The number of carbonyl (C=O) groups excluding carboxylic acids is 1. The number of amides is 1. The summed E-state index contributed by atoms with van der Waals surface area (Å²) < 4.78 is 24.0. The zero-order chi connectivity index (χ0) is 10.8. The molecule has 1 aromatic carbocycles. The highest BCUT2D eigenvalue weighted by Crippen LogP contribution is 2.21. The molecule has 0 fully saturated rings. The normalized spacial score (nSPS) is 15.4. The number of rotatable bonds is 2. The van der Waals surface area contributed by atoms with Crippen molar-refractivity contribution in [3.63, 3.8) is 0 Å². The summed E-state index contributed by atoms with van der Waals surface area (Å²) in [6.07, 6.45) is -1.63. The van der Waals surface area contributed by atoms with Crippen LogP contribution in [-0.4, -0.2) is 18.4 Å². The van der Waals surface area contributed by atoms with Crippen LogP contribution in [0, 0.1) is 0 Å². The first kappa shape index (κ1) is 10.1. The lowest BCUT2D eigenvalue weighted by atomic mass is 10.1. The molecule has 1 aliphatic rings. The summed E-state index contributed by atoms with van der Waals surface area (Å²) >= 11 is 0. The lowest BCUT2D eigenvalue weighted by Gasteiger charge is -2.10. The third-order valence-corrected chi connectivity index (χ3v) is 2.60. The van der Waals surface area contributed by atoms with Gasteiger partial charge in [0.15, 0.2) is 0 Å². The molecule has 0 unspecified atom stereocenters. The van der Waals surface area contributed by atoms with E-state index in [1.165, 1.54) is 0 Å². The Kier molecular flexibility index (Phi) is 2.66. The molecule has 0 spiro atoms. The van der Waals surface area contributed by atoms with Crippen LogP contribution in [0.3, 0.4) is 0 Å². The third kappa shape index (κ3) is 2.14. The quantitative estimate of drug-likeness (QED) is 0.789. The maximum atomic E-state index is 12.0. The fourth-order valence-electron chi connectivity index (χ4n) is 1.93. The van der Waals surface area contributed by atoms with Crippen molar-refractivity contribution in [2.45, 2.75) is 25.3 Å². The van der Waals surface area contributed by atoms with Crippen molar-refractivity contribution in [1.82, 2.24) is 5.32 Å². The second-order valence-electron chi connectivity index (χ2n) is 3.68. The number of hydrogen-bond donors (Lipinski definition) is 1. The smallest absolute Gasteiger partial charge is 0.315 e. The van der Waals surface area contributed by atoms with E-state index >= 15 is 0 Å². The highest BCUT2D eigenvalue weighted by molar-refractivity contribution is 5.79. The van der Waals surface area contributed by atoms with E-state index in [-0.39, 0.29) is 6.04 Å². The van der Waals surface area contributed by atoms with E-state index in [1.54, 1.807) is 0 Å². The van der Waals surface area contributed by atoms with E-state index in [0.717, 1.165) is 11.1 Å². The van der Waals surface area contributed by atoms with Crippen LogP contribution in [0.4, 0.5) is 8.78 Å². The van der Waals surface area contributed by atoms with Gasteiger partial charge in [0.1, 0.15) is 0 Å². The van der Waals surface area contributed by atoms with Crippen molar-refractivity contribution in [3.8, 4) is 0 Å². The Balaban J connectivity index is 1.99. The molecule has 0 atom stereocenters. The number of benzene rings is 1. The van der Waals surface area contributed by atoms with Crippen molar-refractivity contribution < 1.29 is 13.6 Å². The summed E-state index contributed by atoms with van der Waals surface area (Å²) in [5, 5.41) is 2.34. The second kappa shape index (κ2) is 3.96. The number of hydrogen-bond acceptors (Lipinski definition) is 1. The van der Waals surface area contributed by atoms with Crippen molar-refractivity contribution in [2.75, 3.05) is 0 Å². The lowest BCUT2D eigenvalue weighted by Crippen LogP contribution is -2.38. The lowest BCUT2D eigenvalue weighted by molar-refractivity contribution is -0.132. The summed E-state index contributed by atoms with van der Waals surface area (Å²) in [6.45, 7) is 0. The molecule has 1 aliphatic carbocycles. The predicted octanol–water partition coefficient (Wildman–Crippen LogP) is 1.54. The maximum absolute atomic E-state index is 12.0. The second-order valence-corrected chi connectivity index (χ2v) is 3.68. The van der Waals surface area contributed by atoms with Crippen LogP contribution >= 0.6 is 0 Å². The highest BCUT2D eigenvalue weighted by Gasteiger charge is 2.25. The van der Waals surface area contributed by atoms with Crippen molar-refractivity contribution in [1.29, 1.82) is 0 Å². The van der Waals surface area contributed by atoms with Gasteiger partial charge in [-0.15, -0.1) is 0 Å². The molecule has 1 amide bonds. The van der Waals surface area contributed by atoms with Crippen LogP contribution in [0.25, 0.3) is 0 Å². The molecule has 0 bridgehead atoms. The van der Waals surface area contributed by atoms with E-state index in [2.05, 4.69) is 5.32 Å². The van der Waals surface area contributed by atoms with Gasteiger partial charge >= 0.3 is 6.43 Å². The van der Waals surface area contributed by atoms with E-state index in [0.29, 0.717) is 12.8 Å². The van der Waals surface area contributed by atoms with E-state index in [9.17, 15) is 13.6 Å². The molecule has 15 heavy (non-hydrogen) atoms. The SMILES string of the molecule is O=C(NC1Cc2ccccc2C1)C(F)F. The minimum absolute atomic E-state index is 0.177. The molecule has 80 valence electrons. The maximum Gasteiger partial charge on any atom is 0.315 e. The minimum atomic E-state index is -2.92. The van der Waals surface area contributed by atoms with E-state index in [4.69, 9.17) is 0 Å². The van der Waals surface area contributed by atoms with Gasteiger partial charge in [0.25, 0.3) is 5.91 Å². The summed E-state index contributed by atoms with van der Waals surface area (Å²) in [5.74, 6) is -1.17. The van der Waals surface area contributed by atoms with Crippen LogP contribution in [0.1, 0.15) is 11.1 Å². The van der Waals surface area contributed by atoms with Gasteiger partial charge in [-0.05, 0) is 24.0 Å². The van der Waals surface area contributed by atoms with E-state index in [1.807, 2.05) is 24.3 Å². The number of fused-ring (bicyclic) bond motifs is 1. The molecule has 2 nitrogen and oxygen atoms in total. The molecule has 1 N–H and O–H groups in total. The van der Waals surface area contributed by atoms with Gasteiger partial charge in [-0.25, -0.2) is 0 Å². The molecule has 0 heterocycles. The molecular formula is C11H11F2NO. The van der Waals surface area contributed by atoms with Crippen LogP contribution in [0.5, 0.6) is 0 Å². The molecule has 4 heteroatoms. The third-order valence-electron chi connectivity index (χ3n) is 2.60. The zero-order valence-corrected chi connectivity index (χ0v) is 8.04. The number of halogens is 2. The fourth-order valence-corrected chi connectivity index (χ4v) is 1.93. The van der Waals surface area contributed by atoms with Crippen molar-refractivity contribution >= 4 is 5.91 Å². The van der Waals surface area contributed by atoms with Crippen LogP contribution < -0.4 is 5.32 Å². The minimum Gasteiger partial charge on any atom is -0.348 e. The molecule has 2 rings (SSSR count). The van der Waals surface area contributed by atoms with E-state index < -0.39 is 12.3 Å². The van der Waals surface area contributed by atoms with Gasteiger partial charge in [0.2, 0.25) is 0 Å². The summed E-state index contributed by atoms with van der Waals surface area (Å²) in [7, 11) is 0. The Morgan fingerprint density at radius 3 is 2.27 bits per heavy atom. The first-order chi connectivity index (χ1) is 7.16. The van der Waals surface area contributed by atoms with Gasteiger partial charge in [-0.3, -0.25) is 4.79 Å². The Bertz CT molecular complexity index is 354. The summed E-state index contributed by atoms with van der Waals surface area (Å²) in [4.78, 5) is 10.8. The average Bonchev–Trinajstić information content (AvgIpc) is 2.59. The number of alkyl halides is 2. The van der Waals surface area contributed by atoms with Gasteiger partial charge < -0.3 is 5.32 Å². The first-order valence-electron chi connectivity index (χ1n) is 4.82. The first-order valence-corrected chi connectivity index (χ1v) is 4.82. The van der Waals surface area contributed by atoms with Gasteiger partial charge in [-0.1, -0.05) is 24.3 Å². The summed E-state index contributed by atoms with van der Waals surface area (Å²) in [5.41, 5.74) is 2.27. The largest absolute Gasteiger partial charge is 0.348 e. The monoisotopic (exact) mass is 211 g/mol. The Morgan fingerprint density at radius 2 is 1.80 bits per heavy atom. The van der Waals surface area contributed by atoms with Crippen molar-refractivity contribution in [3.05, 3.63) is 35.4 Å². The van der Waals surface area contributed by atoms with Crippen LogP contribution in [-0.2, 0) is 17.6 Å².